The van der Waals surface area contributed by atoms with E-state index in [1.165, 1.54) is 30.0 Å². The van der Waals surface area contributed by atoms with Crippen LogP contribution >= 0.6 is 0 Å². The summed E-state index contributed by atoms with van der Waals surface area (Å²) in [4.78, 5) is 30.7. The Hall–Kier alpha value is -3.87. The second kappa shape index (κ2) is 11.1. The topological polar surface area (TPSA) is 82.0 Å². The minimum absolute atomic E-state index is 0.0746. The molecule has 2 aromatic carbocycles. The number of likely N-dealkylation sites (N-methyl/N-ethyl adjacent to an activating group) is 1. The van der Waals surface area contributed by atoms with Gasteiger partial charge in [-0.05, 0) is 38.3 Å². The lowest BCUT2D eigenvalue weighted by Crippen LogP contribution is -2.47. The number of carbonyl (C=O) groups is 1. The van der Waals surface area contributed by atoms with Gasteiger partial charge >= 0.3 is 11.9 Å². The number of halogens is 5. The third-order valence-corrected chi connectivity index (χ3v) is 7.80. The Bertz CT molecular complexity index is 1570. The van der Waals surface area contributed by atoms with Gasteiger partial charge < -0.3 is 19.0 Å². The predicted octanol–water partition coefficient (Wildman–Crippen LogP) is 5.09. The zero-order chi connectivity index (χ0) is 30.5. The van der Waals surface area contributed by atoms with Crippen LogP contribution in [-0.2, 0) is 11.2 Å². The molecule has 13 heteroatoms. The Kier molecular flexibility index (Phi) is 7.82. The molecule has 2 aliphatic rings. The number of fused-ring (bicyclic) bond motifs is 3. The summed E-state index contributed by atoms with van der Waals surface area (Å²) in [5, 5.41) is 0. The highest BCUT2D eigenvalue weighted by atomic mass is 19.4. The van der Waals surface area contributed by atoms with E-state index >= 15 is 8.78 Å². The van der Waals surface area contributed by atoms with Crippen LogP contribution in [0.15, 0.2) is 45.3 Å². The molecule has 3 heterocycles. The number of hydrogen-bond donors (Lipinski definition) is 1. The molecule has 3 aromatic rings. The first-order valence-corrected chi connectivity index (χ1v) is 13.5. The molecule has 0 spiro atoms. The van der Waals surface area contributed by atoms with Gasteiger partial charge in [0.2, 0.25) is 5.91 Å². The van der Waals surface area contributed by atoms with Crippen molar-refractivity contribution < 1.29 is 35.9 Å². The van der Waals surface area contributed by atoms with E-state index in [1.54, 1.807) is 21.0 Å². The third-order valence-electron chi connectivity index (χ3n) is 7.80. The monoisotopic (exact) mass is 594 g/mol. The minimum atomic E-state index is -4.64. The standard InChI is InChI=1S/C29H31F5N4O4/c1-15-10-19-18(7-8-22-27(19)42-28(40)35-22)26(38(15)14-29(32,33)34)25-20(30)12-17(13-21(25)31)41-24-6-5-9-37(24)16(2)11-23(39)36(3)4/h7-8,11-13,15,24,26H,5-6,9-10,14H2,1-4H3,(H,35,40)/t15-,24+,26+/m1/s1. The molecule has 3 atom stereocenters. The lowest BCUT2D eigenvalue weighted by Gasteiger charge is -2.42. The zero-order valence-electron chi connectivity index (χ0n) is 23.5. The molecule has 0 saturated carbocycles. The number of oxazole rings is 1. The lowest BCUT2D eigenvalue weighted by atomic mass is 9.84. The number of nitrogens with one attached hydrogen (secondary N) is 1. The summed E-state index contributed by atoms with van der Waals surface area (Å²) < 4.78 is 84.0. The number of H-pyrrole nitrogens is 1. The minimum Gasteiger partial charge on any atom is -0.470 e. The van der Waals surface area contributed by atoms with E-state index in [-0.39, 0.29) is 29.2 Å². The summed E-state index contributed by atoms with van der Waals surface area (Å²) in [6.45, 7) is 2.44. The van der Waals surface area contributed by atoms with Crippen LogP contribution in [0.25, 0.3) is 11.1 Å². The van der Waals surface area contributed by atoms with Gasteiger partial charge in [0.1, 0.15) is 17.4 Å². The van der Waals surface area contributed by atoms with Crippen molar-refractivity contribution in [2.45, 2.75) is 57.6 Å². The predicted molar refractivity (Wildman–Crippen MR) is 144 cm³/mol. The van der Waals surface area contributed by atoms with Gasteiger partial charge in [0, 0.05) is 68.1 Å². The van der Waals surface area contributed by atoms with Crippen molar-refractivity contribution in [1.29, 1.82) is 0 Å². The van der Waals surface area contributed by atoms with Crippen molar-refractivity contribution >= 4 is 17.0 Å². The highest BCUT2D eigenvalue weighted by Crippen LogP contribution is 2.44. The summed E-state index contributed by atoms with van der Waals surface area (Å²) in [5.74, 6) is -3.23. The summed E-state index contributed by atoms with van der Waals surface area (Å²) >= 11 is 0. The molecule has 1 saturated heterocycles. The molecule has 0 radical (unpaired) electrons. The number of likely N-dealkylation sites (tertiary alicyclic amines) is 1. The Morgan fingerprint density at radius 1 is 1.21 bits per heavy atom. The van der Waals surface area contributed by atoms with Crippen LogP contribution < -0.4 is 10.5 Å². The molecule has 1 fully saturated rings. The fraction of sp³-hybridized carbons (Fsp3) is 0.448. The Labute approximate surface area is 238 Å². The van der Waals surface area contributed by atoms with Gasteiger partial charge in [0.05, 0.1) is 18.1 Å². The van der Waals surface area contributed by atoms with Gasteiger partial charge in [-0.1, -0.05) is 6.07 Å². The summed E-state index contributed by atoms with van der Waals surface area (Å²) in [6, 6.07) is 2.61. The maximum Gasteiger partial charge on any atom is 0.417 e. The van der Waals surface area contributed by atoms with E-state index in [0.717, 1.165) is 23.5 Å². The van der Waals surface area contributed by atoms with Crippen LogP contribution in [-0.4, -0.2) is 71.2 Å². The summed E-state index contributed by atoms with van der Waals surface area (Å²) in [6.07, 6.45) is -2.45. The first-order valence-electron chi connectivity index (χ1n) is 13.5. The molecule has 5 rings (SSSR count). The van der Waals surface area contributed by atoms with Crippen LogP contribution in [0, 0.1) is 11.6 Å². The van der Waals surface area contributed by atoms with Gasteiger partial charge in [-0.2, -0.15) is 13.2 Å². The highest BCUT2D eigenvalue weighted by Gasteiger charge is 2.43. The molecule has 1 aromatic heterocycles. The van der Waals surface area contributed by atoms with E-state index in [9.17, 15) is 22.8 Å². The van der Waals surface area contributed by atoms with Crippen molar-refractivity contribution in [3.8, 4) is 5.75 Å². The number of benzene rings is 2. The Morgan fingerprint density at radius 3 is 2.55 bits per heavy atom. The number of hydrogen-bond acceptors (Lipinski definition) is 6. The van der Waals surface area contributed by atoms with E-state index in [1.807, 2.05) is 4.90 Å². The fourth-order valence-electron chi connectivity index (χ4n) is 5.87. The normalized spacial score (nSPS) is 21.6. The average Bonchev–Trinajstić information content (AvgIpc) is 3.50. The summed E-state index contributed by atoms with van der Waals surface area (Å²) in [5.41, 5.74) is 1.19. The molecule has 0 bridgehead atoms. The van der Waals surface area contributed by atoms with Crippen LogP contribution in [0.2, 0.25) is 0 Å². The quantitative estimate of drug-likeness (QED) is 0.317. The van der Waals surface area contributed by atoms with Crippen LogP contribution in [0.1, 0.15) is 49.4 Å². The number of amides is 1. The number of rotatable bonds is 6. The fourth-order valence-corrected chi connectivity index (χ4v) is 5.87. The molecule has 226 valence electrons. The number of aromatic amines is 1. The molecular formula is C29H31F5N4O4. The number of ether oxygens (including phenoxy) is 1. The molecule has 2 aliphatic heterocycles. The van der Waals surface area contributed by atoms with Crippen LogP contribution in [0.3, 0.4) is 0 Å². The molecule has 1 N–H and O–H groups in total. The molecule has 1 amide bonds. The van der Waals surface area contributed by atoms with Crippen molar-refractivity contribution in [1.82, 2.24) is 19.7 Å². The second-order valence-electron chi connectivity index (χ2n) is 11.0. The van der Waals surface area contributed by atoms with Gasteiger partial charge in [-0.15, -0.1) is 0 Å². The average molecular weight is 595 g/mol. The SMILES string of the molecule is CC(=CC(=O)N(C)C)N1CCC[C@@H]1Oc1cc(F)c([C@@H]2c3ccc4[nH]c(=O)oc4c3C[C@@H](C)N2CC(F)(F)F)c(F)c1. The van der Waals surface area contributed by atoms with Crippen molar-refractivity contribution in [2.24, 2.45) is 0 Å². The van der Waals surface area contributed by atoms with Gasteiger partial charge in [-0.25, -0.2) is 13.6 Å². The van der Waals surface area contributed by atoms with E-state index in [0.29, 0.717) is 29.7 Å². The molecular weight excluding hydrogens is 563 g/mol. The lowest BCUT2D eigenvalue weighted by molar-refractivity contribution is -0.155. The number of allylic oxidation sites excluding steroid dienone is 1. The molecule has 0 unspecified atom stereocenters. The largest absolute Gasteiger partial charge is 0.470 e. The van der Waals surface area contributed by atoms with Gasteiger partial charge in [-0.3, -0.25) is 14.7 Å². The van der Waals surface area contributed by atoms with Crippen LogP contribution in [0.5, 0.6) is 5.75 Å². The highest BCUT2D eigenvalue weighted by molar-refractivity contribution is 5.87. The van der Waals surface area contributed by atoms with Gasteiger partial charge in [0.15, 0.2) is 11.8 Å². The van der Waals surface area contributed by atoms with Crippen molar-refractivity contribution in [3.05, 3.63) is 74.9 Å². The Morgan fingerprint density at radius 2 is 1.90 bits per heavy atom. The van der Waals surface area contributed by atoms with Crippen molar-refractivity contribution in [2.75, 3.05) is 27.2 Å². The maximum atomic E-state index is 15.8. The summed E-state index contributed by atoms with van der Waals surface area (Å²) in [7, 11) is 3.24. The number of nitrogens with zero attached hydrogens (tertiary/aromatic N) is 3. The number of alkyl halides is 3. The molecule has 8 nitrogen and oxygen atoms in total. The Balaban J connectivity index is 1.53. The number of carbonyl (C=O) groups excluding carboxylic acids is 1. The van der Waals surface area contributed by atoms with E-state index in [4.69, 9.17) is 9.15 Å². The number of aromatic nitrogens is 1. The van der Waals surface area contributed by atoms with Crippen LogP contribution in [0.4, 0.5) is 22.0 Å². The smallest absolute Gasteiger partial charge is 0.417 e. The first kappa shape index (κ1) is 29.6. The van der Waals surface area contributed by atoms with E-state index < -0.39 is 54.0 Å². The van der Waals surface area contributed by atoms with Gasteiger partial charge in [0.25, 0.3) is 0 Å². The third kappa shape index (κ3) is 5.74. The first-order chi connectivity index (χ1) is 19.7. The molecule has 42 heavy (non-hydrogen) atoms. The van der Waals surface area contributed by atoms with Crippen molar-refractivity contribution in [3.63, 3.8) is 0 Å². The molecule has 0 aliphatic carbocycles. The maximum absolute atomic E-state index is 15.8. The van der Waals surface area contributed by atoms with E-state index in [2.05, 4.69) is 4.98 Å². The second-order valence-corrected chi connectivity index (χ2v) is 11.0. The zero-order valence-corrected chi connectivity index (χ0v) is 23.5.